The van der Waals surface area contributed by atoms with E-state index in [4.69, 9.17) is 0 Å². The summed E-state index contributed by atoms with van der Waals surface area (Å²) in [4.78, 5) is 37.0. The zero-order valence-electron chi connectivity index (χ0n) is 15.2. The van der Waals surface area contributed by atoms with Crippen molar-refractivity contribution in [2.45, 2.75) is 6.92 Å². The molecule has 140 valence electrons. The Kier molecular flexibility index (Phi) is 5.81. The van der Waals surface area contributed by atoms with Crippen molar-refractivity contribution in [1.82, 2.24) is 10.9 Å². The summed E-state index contributed by atoms with van der Waals surface area (Å²) in [6, 6.07) is 22.2. The fourth-order valence-corrected chi connectivity index (χ4v) is 2.53. The van der Waals surface area contributed by atoms with E-state index in [2.05, 4.69) is 16.2 Å². The van der Waals surface area contributed by atoms with Crippen molar-refractivity contribution < 1.29 is 14.4 Å². The molecule has 0 spiro atoms. The molecule has 6 heteroatoms. The van der Waals surface area contributed by atoms with Crippen molar-refractivity contribution in [3.8, 4) is 0 Å². The Hall–Kier alpha value is -3.93. The lowest BCUT2D eigenvalue weighted by Crippen LogP contribution is -2.41. The van der Waals surface area contributed by atoms with Crippen LogP contribution < -0.4 is 16.2 Å². The number of carbonyl (C=O) groups is 3. The standard InChI is InChI=1S/C22H19N3O3/c1-15-11-13-17(14-12-15)20(26)23-19-10-6-5-9-18(19)22(28)25-24-21(27)16-7-3-2-4-8-16/h2-14H,1H3,(H,23,26)(H,24,27)(H,25,28). The summed E-state index contributed by atoms with van der Waals surface area (Å²) in [7, 11) is 0. The summed E-state index contributed by atoms with van der Waals surface area (Å²) >= 11 is 0. The minimum absolute atomic E-state index is 0.233. The number of aryl methyl sites for hydroxylation is 1. The largest absolute Gasteiger partial charge is 0.321 e. The van der Waals surface area contributed by atoms with Gasteiger partial charge in [-0.1, -0.05) is 48.0 Å². The summed E-state index contributed by atoms with van der Waals surface area (Å²) in [5.41, 5.74) is 7.26. The van der Waals surface area contributed by atoms with Gasteiger partial charge in [0.25, 0.3) is 17.7 Å². The third-order valence-electron chi connectivity index (χ3n) is 4.06. The molecule has 0 aliphatic heterocycles. The molecule has 3 aromatic carbocycles. The topological polar surface area (TPSA) is 87.3 Å². The number of anilines is 1. The van der Waals surface area contributed by atoms with Crippen LogP contribution in [0.1, 0.15) is 36.6 Å². The number of hydrazine groups is 1. The van der Waals surface area contributed by atoms with E-state index >= 15 is 0 Å². The highest BCUT2D eigenvalue weighted by Crippen LogP contribution is 2.16. The van der Waals surface area contributed by atoms with Crippen LogP contribution in [0.15, 0.2) is 78.9 Å². The molecular weight excluding hydrogens is 354 g/mol. The van der Waals surface area contributed by atoms with Crippen LogP contribution in [0.4, 0.5) is 5.69 Å². The first kappa shape index (κ1) is 18.8. The van der Waals surface area contributed by atoms with Crippen LogP contribution >= 0.6 is 0 Å². The van der Waals surface area contributed by atoms with Crippen molar-refractivity contribution in [1.29, 1.82) is 0 Å². The van der Waals surface area contributed by atoms with Gasteiger partial charge in [0.1, 0.15) is 0 Å². The van der Waals surface area contributed by atoms with Gasteiger partial charge in [-0.15, -0.1) is 0 Å². The van der Waals surface area contributed by atoms with E-state index in [1.807, 2.05) is 19.1 Å². The molecule has 0 radical (unpaired) electrons. The van der Waals surface area contributed by atoms with E-state index in [0.29, 0.717) is 16.8 Å². The first-order valence-corrected chi connectivity index (χ1v) is 8.67. The summed E-state index contributed by atoms with van der Waals surface area (Å²) in [6.45, 7) is 1.94. The van der Waals surface area contributed by atoms with Gasteiger partial charge < -0.3 is 5.32 Å². The lowest BCUT2D eigenvalue weighted by molar-refractivity contribution is 0.0847. The molecule has 0 aliphatic rings. The molecule has 0 unspecified atom stereocenters. The van der Waals surface area contributed by atoms with Gasteiger partial charge in [0.15, 0.2) is 0 Å². The van der Waals surface area contributed by atoms with E-state index in [0.717, 1.165) is 5.56 Å². The van der Waals surface area contributed by atoms with Gasteiger partial charge in [0.2, 0.25) is 0 Å². The van der Waals surface area contributed by atoms with Gasteiger partial charge in [0.05, 0.1) is 11.3 Å². The molecule has 0 bridgehead atoms. The first-order valence-electron chi connectivity index (χ1n) is 8.67. The maximum Gasteiger partial charge on any atom is 0.271 e. The van der Waals surface area contributed by atoms with Crippen LogP contribution in [0.3, 0.4) is 0 Å². The predicted molar refractivity (Wildman–Crippen MR) is 107 cm³/mol. The lowest BCUT2D eigenvalue weighted by Gasteiger charge is -2.12. The molecule has 0 saturated heterocycles. The first-order chi connectivity index (χ1) is 13.5. The van der Waals surface area contributed by atoms with E-state index in [1.165, 1.54) is 0 Å². The average molecular weight is 373 g/mol. The van der Waals surface area contributed by atoms with Crippen molar-refractivity contribution >= 4 is 23.4 Å². The van der Waals surface area contributed by atoms with Crippen LogP contribution in [0.5, 0.6) is 0 Å². The van der Waals surface area contributed by atoms with E-state index in [-0.39, 0.29) is 11.5 Å². The van der Waals surface area contributed by atoms with Crippen molar-refractivity contribution in [2.24, 2.45) is 0 Å². The maximum absolute atomic E-state index is 12.5. The fraction of sp³-hybridized carbons (Fsp3) is 0.0455. The highest BCUT2D eigenvalue weighted by atomic mass is 16.2. The van der Waals surface area contributed by atoms with E-state index in [9.17, 15) is 14.4 Å². The molecule has 28 heavy (non-hydrogen) atoms. The van der Waals surface area contributed by atoms with Gasteiger partial charge in [0, 0.05) is 11.1 Å². The molecule has 0 atom stereocenters. The summed E-state index contributed by atoms with van der Waals surface area (Å²) < 4.78 is 0. The number of nitrogens with one attached hydrogen (secondary N) is 3. The molecule has 0 aliphatic carbocycles. The number of hydrogen-bond donors (Lipinski definition) is 3. The Labute approximate surface area is 162 Å². The molecule has 3 rings (SSSR count). The molecule has 0 fully saturated rings. The monoisotopic (exact) mass is 373 g/mol. The zero-order chi connectivity index (χ0) is 19.9. The minimum atomic E-state index is -0.538. The van der Waals surface area contributed by atoms with Crippen LogP contribution in [0.25, 0.3) is 0 Å². The smallest absolute Gasteiger partial charge is 0.271 e. The van der Waals surface area contributed by atoms with Gasteiger partial charge in [-0.3, -0.25) is 25.2 Å². The number of rotatable bonds is 4. The highest BCUT2D eigenvalue weighted by molar-refractivity contribution is 6.09. The molecule has 0 saturated carbocycles. The number of carbonyl (C=O) groups excluding carboxylic acids is 3. The van der Waals surface area contributed by atoms with E-state index in [1.54, 1.807) is 66.7 Å². The summed E-state index contributed by atoms with van der Waals surface area (Å²) in [6.07, 6.45) is 0. The van der Waals surface area contributed by atoms with Crippen LogP contribution in [0.2, 0.25) is 0 Å². The maximum atomic E-state index is 12.5. The van der Waals surface area contributed by atoms with Crippen LogP contribution in [-0.4, -0.2) is 17.7 Å². The van der Waals surface area contributed by atoms with Crippen molar-refractivity contribution in [2.75, 3.05) is 5.32 Å². The Morgan fingerprint density at radius 2 is 1.18 bits per heavy atom. The molecule has 0 aromatic heterocycles. The van der Waals surface area contributed by atoms with Crippen LogP contribution in [0, 0.1) is 6.92 Å². The Morgan fingerprint density at radius 3 is 1.89 bits per heavy atom. The Balaban J connectivity index is 1.69. The number of benzene rings is 3. The van der Waals surface area contributed by atoms with Crippen LogP contribution in [-0.2, 0) is 0 Å². The molecule has 3 aromatic rings. The van der Waals surface area contributed by atoms with Gasteiger partial charge in [-0.25, -0.2) is 0 Å². The average Bonchev–Trinajstić information content (AvgIpc) is 2.73. The SMILES string of the molecule is Cc1ccc(C(=O)Nc2ccccc2C(=O)NNC(=O)c2ccccc2)cc1. The van der Waals surface area contributed by atoms with Crippen molar-refractivity contribution in [3.05, 3.63) is 101 Å². The second-order valence-corrected chi connectivity index (χ2v) is 6.14. The highest BCUT2D eigenvalue weighted by Gasteiger charge is 2.15. The van der Waals surface area contributed by atoms with E-state index < -0.39 is 11.8 Å². The second kappa shape index (κ2) is 8.64. The molecular formula is C22H19N3O3. The molecule has 3 amide bonds. The quantitative estimate of drug-likeness (QED) is 0.613. The third kappa shape index (κ3) is 4.62. The van der Waals surface area contributed by atoms with Gasteiger partial charge in [-0.05, 0) is 43.3 Å². The zero-order valence-corrected chi connectivity index (χ0v) is 15.2. The molecule has 3 N–H and O–H groups in total. The summed E-state index contributed by atoms with van der Waals surface area (Å²) in [5, 5.41) is 2.73. The number of para-hydroxylation sites is 1. The predicted octanol–water partition coefficient (Wildman–Crippen LogP) is 3.32. The summed E-state index contributed by atoms with van der Waals surface area (Å²) in [5.74, 6) is -1.30. The number of hydrogen-bond acceptors (Lipinski definition) is 3. The normalized spacial score (nSPS) is 10.0. The Bertz CT molecular complexity index is 999. The molecule has 0 heterocycles. The number of amides is 3. The van der Waals surface area contributed by atoms with Gasteiger partial charge >= 0.3 is 0 Å². The van der Waals surface area contributed by atoms with Crippen molar-refractivity contribution in [3.63, 3.8) is 0 Å². The van der Waals surface area contributed by atoms with Gasteiger partial charge in [-0.2, -0.15) is 0 Å². The fourth-order valence-electron chi connectivity index (χ4n) is 2.53. The minimum Gasteiger partial charge on any atom is -0.321 e. The Morgan fingerprint density at radius 1 is 0.607 bits per heavy atom. The molecule has 6 nitrogen and oxygen atoms in total. The lowest BCUT2D eigenvalue weighted by atomic mass is 10.1. The second-order valence-electron chi connectivity index (χ2n) is 6.14. The third-order valence-corrected chi connectivity index (χ3v) is 4.06.